The predicted molar refractivity (Wildman–Crippen MR) is 272 cm³/mol. The highest BCUT2D eigenvalue weighted by Crippen LogP contribution is 2.32. The van der Waals surface area contributed by atoms with Crippen LogP contribution in [0.5, 0.6) is 11.5 Å². The first-order valence-electron chi connectivity index (χ1n) is 23.0. The van der Waals surface area contributed by atoms with Gasteiger partial charge in [-0.2, -0.15) is 0 Å². The molecule has 0 aliphatic carbocycles. The largest absolute Gasteiger partial charge is 0.488 e. The third-order valence-corrected chi connectivity index (χ3v) is 13.0. The molecule has 6 aromatic rings. The highest BCUT2D eigenvalue weighted by Gasteiger charge is 2.28. The van der Waals surface area contributed by atoms with E-state index in [1.54, 1.807) is 12.1 Å². The Morgan fingerprint density at radius 2 is 1.25 bits per heavy atom. The highest BCUT2D eigenvalue weighted by molar-refractivity contribution is 9.11. The second-order valence-corrected chi connectivity index (χ2v) is 17.9. The van der Waals surface area contributed by atoms with Gasteiger partial charge in [0.05, 0.1) is 17.5 Å². The van der Waals surface area contributed by atoms with E-state index in [9.17, 15) is 23.9 Å². The third kappa shape index (κ3) is 15.4. The van der Waals surface area contributed by atoms with Crippen molar-refractivity contribution in [2.75, 3.05) is 20.2 Å². The van der Waals surface area contributed by atoms with Crippen molar-refractivity contribution >= 4 is 50.1 Å². The summed E-state index contributed by atoms with van der Waals surface area (Å²) in [4.78, 5) is 34.7. The van der Waals surface area contributed by atoms with E-state index in [0.29, 0.717) is 25.3 Å². The number of hydrogen-bond acceptors (Lipinski definition) is 7. The van der Waals surface area contributed by atoms with Crippen molar-refractivity contribution in [2.24, 2.45) is 0 Å². The first kappa shape index (κ1) is 50.7. The van der Waals surface area contributed by atoms with E-state index in [2.05, 4.69) is 129 Å². The number of aliphatic carboxylic acids is 2. The lowest BCUT2D eigenvalue weighted by molar-refractivity contribution is -0.145. The van der Waals surface area contributed by atoms with Gasteiger partial charge in [-0.25, -0.2) is 0 Å². The molecule has 2 atom stereocenters. The molecule has 0 saturated carbocycles. The van der Waals surface area contributed by atoms with Gasteiger partial charge in [0.15, 0.2) is 0 Å². The van der Waals surface area contributed by atoms with E-state index in [4.69, 9.17) is 16.0 Å². The summed E-state index contributed by atoms with van der Waals surface area (Å²) in [6, 6.07) is 44.0. The molecular formula is C55H59Br2FN2O7. The van der Waals surface area contributed by atoms with Crippen molar-refractivity contribution in [2.45, 2.75) is 84.2 Å². The Morgan fingerprint density at radius 3 is 1.72 bits per heavy atom. The molecule has 0 radical (unpaired) electrons. The molecular weight excluding hydrogens is 979 g/mol. The van der Waals surface area contributed by atoms with Gasteiger partial charge in [0.1, 0.15) is 43.1 Å². The van der Waals surface area contributed by atoms with Crippen LogP contribution in [0.25, 0.3) is 22.3 Å². The summed E-state index contributed by atoms with van der Waals surface area (Å²) in [5.41, 5.74) is 11.3. The second-order valence-electron chi connectivity index (χ2n) is 16.2. The number of ether oxygens (including phenoxy) is 2. The Hall–Kier alpha value is -5.66. The number of benzene rings is 6. The van der Waals surface area contributed by atoms with Crippen molar-refractivity contribution in [1.29, 1.82) is 0 Å². The molecule has 2 unspecified atom stereocenters. The number of halogens is 3. The Labute approximate surface area is 412 Å². The van der Waals surface area contributed by atoms with Crippen LogP contribution in [0, 0.1) is 13.8 Å². The van der Waals surface area contributed by atoms with Crippen molar-refractivity contribution in [3.8, 4) is 33.8 Å². The van der Waals surface area contributed by atoms with Crippen LogP contribution in [0.15, 0.2) is 142 Å². The summed E-state index contributed by atoms with van der Waals surface area (Å²) in [6.07, 6.45) is 6.52. The topological polar surface area (TPSA) is 125 Å². The molecule has 12 heteroatoms. The number of aldehydes is 1. The number of carbonyl (C=O) groups is 3. The number of hydrogen-bond donors (Lipinski definition) is 3. The summed E-state index contributed by atoms with van der Waals surface area (Å²) < 4.78 is 29.2. The van der Waals surface area contributed by atoms with Gasteiger partial charge in [-0.1, -0.05) is 116 Å². The minimum atomic E-state index is -1.00. The quantitative estimate of drug-likeness (QED) is 0.0970. The van der Waals surface area contributed by atoms with Crippen LogP contribution < -0.4 is 14.8 Å². The minimum Gasteiger partial charge on any atom is -0.488 e. The van der Waals surface area contributed by atoms with Crippen LogP contribution in [-0.4, -0.2) is 65.7 Å². The van der Waals surface area contributed by atoms with Crippen LogP contribution in [0.3, 0.4) is 0 Å². The number of nitrogens with one attached hydrogen (secondary N) is 1. The zero-order valence-electron chi connectivity index (χ0n) is 38.9. The maximum absolute atomic E-state index is 11.6. The predicted octanol–water partition coefficient (Wildman–Crippen LogP) is 13.1. The standard InChI is InChI=1S/C27H28BrNO3.C21H17BrO2.C6H11NO2.CH3F/c1-19-22(10-7-11-23(19)21-8-3-2-4-9-21)18-32-26-14-13-20(16-24(26)28)17-29-15-6-5-12-25(29)27(30)31;1-15-18(8-5-9-19(15)17-6-3-2-4-7-17)14-24-21-11-10-16(13-23)12-20(21)22;8-6(9)5-3-1-2-4-7-5;1-2/h2-4,7-11,13-14,16,25H,5-6,12,15,17-18H2,1H3,(H,30,31);2-13H,14H2,1H3;5,7H,1-4H2,(H,8,9);1H3/i;;;1D. The lowest BCUT2D eigenvalue weighted by atomic mass is 9.97. The molecule has 67 heavy (non-hydrogen) atoms. The van der Waals surface area contributed by atoms with Crippen molar-refractivity contribution < 1.29 is 39.8 Å². The summed E-state index contributed by atoms with van der Waals surface area (Å²) in [7, 11) is -1.00. The number of likely N-dealkylation sites (tertiary alicyclic amines) is 1. The number of piperidine rings is 2. The van der Waals surface area contributed by atoms with Crippen LogP contribution >= 0.6 is 31.9 Å². The molecule has 3 N–H and O–H groups in total. The maximum Gasteiger partial charge on any atom is 0.320 e. The molecule has 2 heterocycles. The SMILES string of the molecule is Cc1c(COc2ccc(C=O)cc2Br)cccc1-c1ccccc1.Cc1c(COc2ccc(CN3CCCCC3C(=O)O)cc2Br)cccc1-c1ccccc1.O=C(O)C1CCCCN1.[2H]CF. The molecule has 0 amide bonds. The van der Waals surface area contributed by atoms with E-state index < -0.39 is 25.1 Å². The number of carbonyl (C=O) groups excluding carboxylic acids is 1. The van der Waals surface area contributed by atoms with E-state index in [0.717, 1.165) is 95.0 Å². The molecule has 0 bridgehead atoms. The second kappa shape index (κ2) is 27.2. The number of alkyl halides is 1. The molecule has 0 aromatic heterocycles. The zero-order chi connectivity index (χ0) is 48.8. The molecule has 2 aliphatic heterocycles. The lowest BCUT2D eigenvalue weighted by Crippen LogP contribution is -2.43. The van der Waals surface area contributed by atoms with Crippen molar-refractivity contribution in [3.05, 3.63) is 176 Å². The van der Waals surface area contributed by atoms with Gasteiger partial charge in [-0.15, -0.1) is 0 Å². The first-order chi connectivity index (χ1) is 32.9. The van der Waals surface area contributed by atoms with Gasteiger partial charge in [-0.3, -0.25) is 23.7 Å². The number of nitrogens with zero attached hydrogens (tertiary/aromatic N) is 1. The lowest BCUT2D eigenvalue weighted by Gasteiger charge is -2.32. The Kier molecular flexibility index (Phi) is 20.6. The summed E-state index contributed by atoms with van der Waals surface area (Å²) in [5.74, 6) is 0.0725. The van der Waals surface area contributed by atoms with E-state index in [1.807, 2.05) is 48.5 Å². The number of carboxylic acid groups (broad SMARTS) is 2. The van der Waals surface area contributed by atoms with Crippen LogP contribution in [-0.2, 0) is 29.3 Å². The smallest absolute Gasteiger partial charge is 0.320 e. The number of rotatable bonds is 13. The first-order valence-corrected chi connectivity index (χ1v) is 23.9. The highest BCUT2D eigenvalue weighted by atomic mass is 79.9. The summed E-state index contributed by atoms with van der Waals surface area (Å²) in [5, 5.41) is 20.9. The fraction of sp³-hybridized carbons (Fsp3) is 0.291. The van der Waals surface area contributed by atoms with Crippen LogP contribution in [0.2, 0.25) is 0 Å². The van der Waals surface area contributed by atoms with E-state index >= 15 is 0 Å². The van der Waals surface area contributed by atoms with Gasteiger partial charge in [-0.05, 0) is 165 Å². The zero-order valence-corrected chi connectivity index (χ0v) is 41.1. The average Bonchev–Trinajstić information content (AvgIpc) is 3.35. The van der Waals surface area contributed by atoms with Gasteiger partial charge < -0.3 is 25.0 Å². The average molecular weight is 1040 g/mol. The molecule has 352 valence electrons. The third-order valence-electron chi connectivity index (χ3n) is 11.8. The fourth-order valence-corrected chi connectivity index (χ4v) is 9.13. The molecule has 8 rings (SSSR count). The Balaban J connectivity index is 0.000000210. The van der Waals surface area contributed by atoms with Crippen LogP contribution in [0.4, 0.5) is 4.39 Å². The van der Waals surface area contributed by atoms with Crippen molar-refractivity contribution in [3.63, 3.8) is 0 Å². The summed E-state index contributed by atoms with van der Waals surface area (Å²) >= 11 is 7.09. The molecule has 2 fully saturated rings. The van der Waals surface area contributed by atoms with Crippen LogP contribution in [0.1, 0.15) is 78.1 Å². The maximum atomic E-state index is 11.6. The van der Waals surface area contributed by atoms with Crippen molar-refractivity contribution in [1.82, 2.24) is 10.2 Å². The Morgan fingerprint density at radius 1 is 0.716 bits per heavy atom. The molecule has 2 aliphatic rings. The summed E-state index contributed by atoms with van der Waals surface area (Å²) in [6.45, 7) is 7.53. The monoisotopic (exact) mass is 1040 g/mol. The van der Waals surface area contributed by atoms with Gasteiger partial charge in [0.25, 0.3) is 0 Å². The van der Waals surface area contributed by atoms with Gasteiger partial charge in [0, 0.05) is 12.1 Å². The fourth-order valence-electron chi connectivity index (χ4n) is 8.08. The number of carboxylic acids is 2. The van der Waals surface area contributed by atoms with Gasteiger partial charge >= 0.3 is 11.9 Å². The van der Waals surface area contributed by atoms with E-state index in [1.165, 1.54) is 33.4 Å². The molecule has 6 aromatic carbocycles. The minimum absolute atomic E-state index is 0.279. The van der Waals surface area contributed by atoms with Gasteiger partial charge in [0.2, 0.25) is 0 Å². The molecule has 0 spiro atoms. The normalized spacial score (nSPS) is 15.7. The van der Waals surface area contributed by atoms with E-state index in [-0.39, 0.29) is 6.04 Å². The molecule has 9 nitrogen and oxygen atoms in total. The Bertz CT molecular complexity index is 2540. The molecule has 2 saturated heterocycles.